The maximum absolute atomic E-state index is 12.4. The molecule has 0 radical (unpaired) electrons. The van der Waals surface area contributed by atoms with Crippen molar-refractivity contribution in [2.45, 2.75) is 44.6 Å². The van der Waals surface area contributed by atoms with Crippen molar-refractivity contribution in [1.29, 1.82) is 0 Å². The van der Waals surface area contributed by atoms with Crippen LogP contribution in [0.5, 0.6) is 0 Å². The molecule has 3 amide bonds. The van der Waals surface area contributed by atoms with Crippen molar-refractivity contribution in [3.8, 4) is 0 Å². The minimum absolute atomic E-state index is 0.0893. The van der Waals surface area contributed by atoms with E-state index in [9.17, 15) is 14.4 Å². The number of amides is 3. The van der Waals surface area contributed by atoms with Crippen molar-refractivity contribution in [3.63, 3.8) is 0 Å². The Morgan fingerprint density at radius 2 is 1.64 bits per heavy atom. The summed E-state index contributed by atoms with van der Waals surface area (Å²) in [5.41, 5.74) is 0. The monoisotopic (exact) mass is 304 g/mol. The highest BCUT2D eigenvalue weighted by Gasteiger charge is 2.60. The normalized spacial score (nSPS) is 36.8. The standard InChI is InChI=1S/C16H20N2O4/c19-14-12-9-6-7-10(8-9)13(12)15(20)18(14)22-16(21)17-11-4-2-1-3-5-11/h6-7,9-13H,1-5,8H2,(H,17,21)/t9-,10+,12-,13+. The molecule has 4 rings (SSSR count). The van der Waals surface area contributed by atoms with E-state index in [-0.39, 0.29) is 41.5 Å². The third-order valence-corrected chi connectivity index (χ3v) is 5.53. The lowest BCUT2D eigenvalue weighted by Crippen LogP contribution is -2.43. The SMILES string of the molecule is O=C(NC1CCCCC1)ON1C(=O)[C@@H]2[C@H](C1=O)[C@@H]1C=C[C@H]2C1. The van der Waals surface area contributed by atoms with Gasteiger partial charge in [0, 0.05) is 6.04 Å². The van der Waals surface area contributed by atoms with Crippen LogP contribution in [0.1, 0.15) is 38.5 Å². The minimum atomic E-state index is -0.686. The van der Waals surface area contributed by atoms with Gasteiger partial charge in [0.15, 0.2) is 0 Å². The highest BCUT2D eigenvalue weighted by molar-refractivity contribution is 6.06. The number of imide groups is 1. The summed E-state index contributed by atoms with van der Waals surface area (Å²) >= 11 is 0. The molecule has 1 saturated heterocycles. The van der Waals surface area contributed by atoms with Crippen molar-refractivity contribution in [3.05, 3.63) is 12.2 Å². The lowest BCUT2D eigenvalue weighted by molar-refractivity contribution is -0.174. The van der Waals surface area contributed by atoms with Gasteiger partial charge in [-0.25, -0.2) is 4.79 Å². The van der Waals surface area contributed by atoms with Crippen LogP contribution in [0.25, 0.3) is 0 Å². The summed E-state index contributed by atoms with van der Waals surface area (Å²) in [7, 11) is 0. The number of carbonyl (C=O) groups excluding carboxylic acids is 3. The molecule has 4 atom stereocenters. The van der Waals surface area contributed by atoms with Crippen molar-refractivity contribution in [2.24, 2.45) is 23.7 Å². The number of hydroxylamine groups is 2. The highest BCUT2D eigenvalue weighted by atomic mass is 16.7. The molecule has 0 aromatic heterocycles. The first-order chi connectivity index (χ1) is 10.6. The van der Waals surface area contributed by atoms with Gasteiger partial charge in [0.05, 0.1) is 11.8 Å². The van der Waals surface area contributed by atoms with Crippen molar-refractivity contribution in [1.82, 2.24) is 10.4 Å². The van der Waals surface area contributed by atoms with Crippen molar-refractivity contribution in [2.75, 3.05) is 0 Å². The average molecular weight is 304 g/mol. The smallest absolute Gasteiger partial charge is 0.317 e. The van der Waals surface area contributed by atoms with Crippen molar-refractivity contribution >= 4 is 17.9 Å². The number of fused-ring (bicyclic) bond motifs is 5. The van der Waals surface area contributed by atoms with E-state index in [0.29, 0.717) is 5.06 Å². The molecular weight excluding hydrogens is 284 g/mol. The average Bonchev–Trinajstić information content (AvgIpc) is 3.18. The summed E-state index contributed by atoms with van der Waals surface area (Å²) in [5.74, 6) is -1.12. The summed E-state index contributed by atoms with van der Waals surface area (Å²) in [6.07, 6.45) is 9.44. The van der Waals surface area contributed by atoms with E-state index in [2.05, 4.69) is 5.32 Å². The molecule has 0 aromatic rings. The molecule has 1 N–H and O–H groups in total. The summed E-state index contributed by atoms with van der Waals surface area (Å²) in [5, 5.41) is 3.48. The second-order valence-corrected chi connectivity index (χ2v) is 6.83. The molecule has 0 spiro atoms. The second kappa shape index (κ2) is 5.11. The summed E-state index contributed by atoms with van der Waals surface area (Å²) in [6, 6.07) is 0.0893. The summed E-state index contributed by atoms with van der Waals surface area (Å²) in [4.78, 5) is 41.8. The Balaban J connectivity index is 1.40. The van der Waals surface area contributed by atoms with Gasteiger partial charge in [0.2, 0.25) is 0 Å². The van der Waals surface area contributed by atoms with Crippen molar-refractivity contribution < 1.29 is 19.2 Å². The number of hydrogen-bond acceptors (Lipinski definition) is 4. The Bertz CT molecular complexity index is 522. The summed E-state index contributed by atoms with van der Waals surface area (Å²) in [6.45, 7) is 0. The molecule has 3 fully saturated rings. The Labute approximate surface area is 128 Å². The molecule has 6 nitrogen and oxygen atoms in total. The number of nitrogens with one attached hydrogen (secondary N) is 1. The van der Waals surface area contributed by atoms with E-state index < -0.39 is 6.09 Å². The molecule has 2 bridgehead atoms. The molecule has 4 aliphatic rings. The molecular formula is C16H20N2O4. The Morgan fingerprint density at radius 1 is 1.05 bits per heavy atom. The fourth-order valence-electron chi connectivity index (χ4n) is 4.49. The molecule has 6 heteroatoms. The molecule has 0 aromatic carbocycles. The topological polar surface area (TPSA) is 75.7 Å². The number of nitrogens with zero attached hydrogens (tertiary/aromatic N) is 1. The van der Waals surface area contributed by atoms with Gasteiger partial charge in [0.1, 0.15) is 0 Å². The van der Waals surface area contributed by atoms with Crippen LogP contribution >= 0.6 is 0 Å². The van der Waals surface area contributed by atoms with Crippen LogP contribution in [0.3, 0.4) is 0 Å². The zero-order valence-corrected chi connectivity index (χ0v) is 12.4. The molecule has 1 heterocycles. The zero-order chi connectivity index (χ0) is 15.3. The van der Waals surface area contributed by atoms with E-state index in [0.717, 1.165) is 32.1 Å². The number of carbonyl (C=O) groups is 3. The van der Waals surface area contributed by atoms with Gasteiger partial charge in [0.25, 0.3) is 11.8 Å². The maximum Gasteiger partial charge on any atom is 0.432 e. The van der Waals surface area contributed by atoms with Gasteiger partial charge < -0.3 is 10.2 Å². The van der Waals surface area contributed by atoms with Crippen LogP contribution in [-0.4, -0.2) is 29.0 Å². The number of rotatable bonds is 2. The third kappa shape index (κ3) is 2.04. The molecule has 22 heavy (non-hydrogen) atoms. The largest absolute Gasteiger partial charge is 0.432 e. The Morgan fingerprint density at radius 3 is 2.23 bits per heavy atom. The predicted molar refractivity (Wildman–Crippen MR) is 76.1 cm³/mol. The fourth-order valence-corrected chi connectivity index (χ4v) is 4.49. The lowest BCUT2D eigenvalue weighted by atomic mass is 9.85. The first-order valence-corrected chi connectivity index (χ1v) is 8.20. The highest BCUT2D eigenvalue weighted by Crippen LogP contribution is 2.52. The van der Waals surface area contributed by atoms with Crippen LogP contribution in [0.15, 0.2) is 12.2 Å². The number of hydrogen-bond donors (Lipinski definition) is 1. The van der Waals surface area contributed by atoms with Crippen LogP contribution in [0.2, 0.25) is 0 Å². The van der Waals surface area contributed by atoms with E-state index >= 15 is 0 Å². The second-order valence-electron chi connectivity index (χ2n) is 6.83. The van der Waals surface area contributed by atoms with Gasteiger partial charge in [-0.05, 0) is 31.1 Å². The van der Waals surface area contributed by atoms with E-state index in [1.54, 1.807) is 0 Å². The van der Waals surface area contributed by atoms with Gasteiger partial charge >= 0.3 is 6.09 Å². The molecule has 118 valence electrons. The zero-order valence-electron chi connectivity index (χ0n) is 12.4. The Hall–Kier alpha value is -1.85. The van der Waals surface area contributed by atoms with Crippen LogP contribution in [0.4, 0.5) is 4.79 Å². The summed E-state index contributed by atoms with van der Waals surface area (Å²) < 4.78 is 0. The molecule has 0 unspecified atom stereocenters. The molecule has 1 aliphatic heterocycles. The Kier molecular flexibility index (Phi) is 3.20. The predicted octanol–water partition coefficient (Wildman–Crippen LogP) is 1.77. The van der Waals surface area contributed by atoms with Crippen LogP contribution in [0, 0.1) is 23.7 Å². The van der Waals surface area contributed by atoms with Gasteiger partial charge in [-0.2, -0.15) is 0 Å². The molecule has 2 saturated carbocycles. The fraction of sp³-hybridized carbons (Fsp3) is 0.688. The first-order valence-electron chi connectivity index (χ1n) is 8.20. The van der Waals surface area contributed by atoms with Gasteiger partial charge in [-0.1, -0.05) is 31.4 Å². The first kappa shape index (κ1) is 13.8. The van der Waals surface area contributed by atoms with Crippen LogP contribution < -0.4 is 5.32 Å². The van der Waals surface area contributed by atoms with Crippen LogP contribution in [-0.2, 0) is 14.4 Å². The van der Waals surface area contributed by atoms with E-state index in [4.69, 9.17) is 4.84 Å². The molecule has 3 aliphatic carbocycles. The maximum atomic E-state index is 12.4. The van der Waals surface area contributed by atoms with E-state index in [1.165, 1.54) is 6.42 Å². The van der Waals surface area contributed by atoms with E-state index in [1.807, 2.05) is 12.2 Å². The number of allylic oxidation sites excluding steroid dienone is 2. The quantitative estimate of drug-likeness (QED) is 0.623. The minimum Gasteiger partial charge on any atom is -0.317 e. The van der Waals surface area contributed by atoms with Gasteiger partial charge in [-0.15, -0.1) is 5.06 Å². The lowest BCUT2D eigenvalue weighted by Gasteiger charge is -2.23. The van der Waals surface area contributed by atoms with Gasteiger partial charge in [-0.3, -0.25) is 9.59 Å². The third-order valence-electron chi connectivity index (χ3n) is 5.53.